The van der Waals surface area contributed by atoms with Crippen molar-refractivity contribution in [2.75, 3.05) is 5.32 Å². The smallest absolute Gasteiger partial charge is 0.310 e. The molecule has 0 atom stereocenters. The molecule has 0 saturated carbocycles. The van der Waals surface area contributed by atoms with Gasteiger partial charge in [0.05, 0.1) is 11.5 Å². The van der Waals surface area contributed by atoms with Gasteiger partial charge in [0.2, 0.25) is 5.95 Å². The number of nitrogens with zero attached hydrogens (tertiary/aromatic N) is 4. The number of aromatic nitrogens is 3. The number of nitro groups is 1. The Labute approximate surface area is 176 Å². The maximum absolute atomic E-state index is 12.4. The second kappa shape index (κ2) is 8.91. The van der Waals surface area contributed by atoms with Crippen LogP contribution in [0.5, 0.6) is 5.75 Å². The van der Waals surface area contributed by atoms with Crippen LogP contribution in [0, 0.1) is 10.1 Å². The number of rotatable bonds is 8. The average Bonchev–Trinajstić information content (AvgIpc) is 3.43. The lowest BCUT2D eigenvalue weighted by Crippen LogP contribution is -2.12. The summed E-state index contributed by atoms with van der Waals surface area (Å²) in [6.45, 7) is 0.458. The van der Waals surface area contributed by atoms with E-state index in [0.29, 0.717) is 12.3 Å². The molecular weight excluding hydrogens is 402 g/mol. The molecule has 0 aliphatic rings. The van der Waals surface area contributed by atoms with Crippen LogP contribution in [0.4, 0.5) is 11.6 Å². The molecular formula is C21H17N5O5. The lowest BCUT2D eigenvalue weighted by atomic mass is 10.2. The zero-order valence-electron chi connectivity index (χ0n) is 16.2. The van der Waals surface area contributed by atoms with E-state index in [1.54, 1.807) is 22.9 Å². The third kappa shape index (κ3) is 4.93. The van der Waals surface area contributed by atoms with Crippen LogP contribution in [0.2, 0.25) is 0 Å². The predicted octanol–water partition coefficient (Wildman–Crippen LogP) is 3.66. The van der Waals surface area contributed by atoms with E-state index < -0.39 is 10.8 Å². The monoisotopic (exact) mass is 419 g/mol. The van der Waals surface area contributed by atoms with Crippen molar-refractivity contribution < 1.29 is 18.9 Å². The van der Waals surface area contributed by atoms with Crippen molar-refractivity contribution in [3.63, 3.8) is 0 Å². The number of ether oxygens (including phenoxy) is 1. The van der Waals surface area contributed by atoms with Crippen molar-refractivity contribution in [2.45, 2.75) is 13.2 Å². The van der Waals surface area contributed by atoms with Gasteiger partial charge in [0.25, 0.3) is 5.91 Å². The van der Waals surface area contributed by atoms with Crippen molar-refractivity contribution in [1.82, 2.24) is 14.8 Å². The molecule has 0 spiro atoms. The molecule has 2 heterocycles. The number of carbonyl (C=O) groups is 1. The molecule has 0 aliphatic heterocycles. The largest absolute Gasteiger partial charge is 0.479 e. The molecule has 0 radical (unpaired) electrons. The fourth-order valence-electron chi connectivity index (χ4n) is 2.82. The maximum Gasteiger partial charge on any atom is 0.310 e. The van der Waals surface area contributed by atoms with E-state index in [1.807, 2.05) is 30.3 Å². The first-order chi connectivity index (χ1) is 15.1. The lowest BCUT2D eigenvalue weighted by molar-refractivity contribution is -0.386. The first-order valence-corrected chi connectivity index (χ1v) is 9.28. The first kappa shape index (κ1) is 19.8. The Bertz CT molecular complexity index is 1200. The van der Waals surface area contributed by atoms with Crippen molar-refractivity contribution >= 4 is 17.5 Å². The van der Waals surface area contributed by atoms with Crippen LogP contribution in [0.25, 0.3) is 0 Å². The quantitative estimate of drug-likeness (QED) is 0.341. The van der Waals surface area contributed by atoms with Crippen LogP contribution in [0.1, 0.15) is 21.9 Å². The predicted molar refractivity (Wildman–Crippen MR) is 110 cm³/mol. The number of furan rings is 1. The Morgan fingerprint density at radius 1 is 1.10 bits per heavy atom. The summed E-state index contributed by atoms with van der Waals surface area (Å²) in [5.41, 5.74) is 0.906. The molecule has 0 aliphatic carbocycles. The van der Waals surface area contributed by atoms with Crippen molar-refractivity contribution in [2.24, 2.45) is 0 Å². The minimum Gasteiger partial charge on any atom is -0.479 e. The molecule has 0 saturated heterocycles. The molecule has 0 fully saturated rings. The van der Waals surface area contributed by atoms with E-state index in [4.69, 9.17) is 9.15 Å². The fraction of sp³-hybridized carbons (Fsp3) is 0.0952. The molecule has 1 amide bonds. The van der Waals surface area contributed by atoms with E-state index >= 15 is 0 Å². The molecule has 10 heteroatoms. The topological polar surface area (TPSA) is 125 Å². The highest BCUT2D eigenvalue weighted by Gasteiger charge is 2.16. The lowest BCUT2D eigenvalue weighted by Gasteiger charge is -2.04. The highest BCUT2D eigenvalue weighted by Crippen LogP contribution is 2.26. The summed E-state index contributed by atoms with van der Waals surface area (Å²) in [6.07, 6.45) is 1.52. The van der Waals surface area contributed by atoms with Gasteiger partial charge in [-0.25, -0.2) is 9.67 Å². The number of amides is 1. The number of hydrogen-bond acceptors (Lipinski definition) is 7. The van der Waals surface area contributed by atoms with E-state index in [1.165, 1.54) is 24.5 Å². The number of hydrogen-bond donors (Lipinski definition) is 1. The number of carbonyl (C=O) groups excluding carboxylic acids is 1. The molecule has 2 aromatic carbocycles. The summed E-state index contributed by atoms with van der Waals surface area (Å²) in [5.74, 6) is 0.124. The van der Waals surface area contributed by atoms with E-state index in [0.717, 1.165) is 5.56 Å². The van der Waals surface area contributed by atoms with Crippen LogP contribution < -0.4 is 10.1 Å². The van der Waals surface area contributed by atoms with E-state index in [9.17, 15) is 14.9 Å². The van der Waals surface area contributed by atoms with Gasteiger partial charge in [-0.3, -0.25) is 20.2 Å². The van der Waals surface area contributed by atoms with Gasteiger partial charge in [-0.15, -0.1) is 5.10 Å². The van der Waals surface area contributed by atoms with Crippen LogP contribution in [0.3, 0.4) is 0 Å². The van der Waals surface area contributed by atoms with Gasteiger partial charge in [-0.1, -0.05) is 42.5 Å². The Balaban J connectivity index is 1.35. The normalized spacial score (nSPS) is 10.6. The van der Waals surface area contributed by atoms with Gasteiger partial charge >= 0.3 is 5.69 Å². The molecule has 0 bridgehead atoms. The number of benzene rings is 2. The van der Waals surface area contributed by atoms with Crippen LogP contribution >= 0.6 is 0 Å². The third-order valence-corrected chi connectivity index (χ3v) is 4.27. The molecule has 156 valence electrons. The fourth-order valence-corrected chi connectivity index (χ4v) is 2.82. The summed E-state index contributed by atoms with van der Waals surface area (Å²) in [7, 11) is 0. The molecule has 0 unspecified atom stereocenters. The van der Waals surface area contributed by atoms with Gasteiger partial charge in [0.1, 0.15) is 18.7 Å². The minimum atomic E-state index is -0.528. The molecule has 31 heavy (non-hydrogen) atoms. The van der Waals surface area contributed by atoms with Crippen LogP contribution in [-0.4, -0.2) is 25.6 Å². The van der Waals surface area contributed by atoms with Crippen LogP contribution in [0.15, 0.2) is 77.5 Å². The van der Waals surface area contributed by atoms with Crippen molar-refractivity contribution in [3.8, 4) is 5.75 Å². The zero-order chi connectivity index (χ0) is 21.6. The van der Waals surface area contributed by atoms with Crippen LogP contribution in [-0.2, 0) is 13.2 Å². The summed E-state index contributed by atoms with van der Waals surface area (Å²) in [5, 5.41) is 17.8. The Hall–Kier alpha value is -4.47. The number of nitro benzene ring substituents is 1. The Kier molecular flexibility index (Phi) is 5.70. The number of para-hydroxylation sites is 2. The molecule has 10 nitrogen and oxygen atoms in total. The Morgan fingerprint density at radius 2 is 1.87 bits per heavy atom. The third-order valence-electron chi connectivity index (χ3n) is 4.27. The van der Waals surface area contributed by atoms with Crippen molar-refractivity contribution in [1.29, 1.82) is 0 Å². The summed E-state index contributed by atoms with van der Waals surface area (Å²) in [6, 6.07) is 18.8. The minimum absolute atomic E-state index is 0.0422. The number of nitrogens with one attached hydrogen (secondary N) is 1. The van der Waals surface area contributed by atoms with Gasteiger partial charge in [0.15, 0.2) is 11.5 Å². The highest BCUT2D eigenvalue weighted by atomic mass is 16.6. The molecule has 4 rings (SSSR count). The molecule has 1 N–H and O–H groups in total. The van der Waals surface area contributed by atoms with E-state index in [-0.39, 0.29) is 29.8 Å². The first-order valence-electron chi connectivity index (χ1n) is 9.28. The number of anilines is 1. The zero-order valence-corrected chi connectivity index (χ0v) is 16.2. The van der Waals surface area contributed by atoms with Gasteiger partial charge in [-0.05, 0) is 23.8 Å². The maximum atomic E-state index is 12.4. The van der Waals surface area contributed by atoms with Gasteiger partial charge in [-0.2, -0.15) is 0 Å². The van der Waals surface area contributed by atoms with E-state index in [2.05, 4.69) is 15.4 Å². The summed E-state index contributed by atoms with van der Waals surface area (Å²) in [4.78, 5) is 27.0. The SMILES string of the molecule is O=C(Nc1ncn(Cc2ccccc2)n1)c1ccc(COc2ccccc2[N+](=O)[O-])o1. The standard InChI is InChI=1S/C21H17N5O5/c27-20(23-21-22-14-25(24-21)12-15-6-2-1-3-7-15)19-11-10-16(31-19)13-30-18-9-5-4-8-17(18)26(28)29/h1-11,14H,12-13H2,(H,23,24,27). The molecule has 4 aromatic rings. The molecule has 2 aromatic heterocycles. The summed E-state index contributed by atoms with van der Waals surface area (Å²) >= 11 is 0. The summed E-state index contributed by atoms with van der Waals surface area (Å²) < 4.78 is 12.5. The highest BCUT2D eigenvalue weighted by molar-refractivity contribution is 6.01. The average molecular weight is 419 g/mol. The Morgan fingerprint density at radius 3 is 2.68 bits per heavy atom. The second-order valence-corrected chi connectivity index (χ2v) is 6.48. The van der Waals surface area contributed by atoms with Gasteiger partial charge in [0, 0.05) is 6.07 Å². The van der Waals surface area contributed by atoms with Crippen molar-refractivity contribution in [3.05, 3.63) is 100 Å². The van der Waals surface area contributed by atoms with Gasteiger partial charge < -0.3 is 9.15 Å². The second-order valence-electron chi connectivity index (χ2n) is 6.48.